The SMILES string of the molecule is CCCCCCCCCCCCCCCCCC[C@@H](COP(=O)(O)OC1[C@@]2(C)O[C@@H](c3ccc4c(N)ncnn34)[C@H](O)[C@@]12O)OCc1ccccc1. The Morgan fingerprint density at radius 3 is 2.10 bits per heavy atom. The summed E-state index contributed by atoms with van der Waals surface area (Å²) in [5, 5.41) is 26.8. The molecule has 0 spiro atoms. The molecule has 2 aromatic heterocycles. The lowest BCUT2D eigenvalue weighted by atomic mass is 10.0. The summed E-state index contributed by atoms with van der Waals surface area (Å²) in [6, 6.07) is 13.1. The second-order valence-electron chi connectivity index (χ2n) is 14.9. The molecule has 1 saturated heterocycles. The molecule has 2 unspecified atom stereocenters. The lowest BCUT2D eigenvalue weighted by Gasteiger charge is -2.24. The van der Waals surface area contributed by atoms with Crippen LogP contribution < -0.4 is 5.73 Å². The van der Waals surface area contributed by atoms with Crippen molar-refractivity contribution in [1.29, 1.82) is 0 Å². The molecule has 2 aliphatic rings. The van der Waals surface area contributed by atoms with E-state index in [0.29, 0.717) is 24.2 Å². The predicted molar refractivity (Wildman–Crippen MR) is 200 cm³/mol. The van der Waals surface area contributed by atoms with Gasteiger partial charge in [-0.15, -0.1) is 0 Å². The van der Waals surface area contributed by atoms with Crippen molar-refractivity contribution in [3.8, 4) is 0 Å². The van der Waals surface area contributed by atoms with Gasteiger partial charge < -0.3 is 30.3 Å². The minimum atomic E-state index is -4.68. The molecule has 1 aliphatic heterocycles. The highest BCUT2D eigenvalue weighted by atomic mass is 31.2. The van der Waals surface area contributed by atoms with Crippen LogP contribution in [0.2, 0.25) is 0 Å². The van der Waals surface area contributed by atoms with Crippen LogP contribution in [-0.2, 0) is 29.7 Å². The number of hydrogen-bond donors (Lipinski definition) is 4. The molecular formula is C39H61N4O8P. The topological polar surface area (TPSA) is 171 Å². The Morgan fingerprint density at radius 1 is 0.923 bits per heavy atom. The summed E-state index contributed by atoms with van der Waals surface area (Å²) in [6.45, 7) is 3.98. The van der Waals surface area contributed by atoms with Gasteiger partial charge >= 0.3 is 7.82 Å². The zero-order chi connectivity index (χ0) is 37.0. The summed E-state index contributed by atoms with van der Waals surface area (Å²) in [4.78, 5) is 14.7. The van der Waals surface area contributed by atoms with Crippen LogP contribution in [0.4, 0.5) is 5.82 Å². The zero-order valence-electron chi connectivity index (χ0n) is 31.1. The van der Waals surface area contributed by atoms with E-state index in [1.807, 2.05) is 30.3 Å². The maximum absolute atomic E-state index is 13.2. The first-order valence-corrected chi connectivity index (χ1v) is 21.1. The Labute approximate surface area is 309 Å². The van der Waals surface area contributed by atoms with Gasteiger partial charge in [-0.3, -0.25) is 9.05 Å². The Balaban J connectivity index is 1.02. The number of ether oxygens (including phenoxy) is 2. The van der Waals surface area contributed by atoms with E-state index >= 15 is 0 Å². The Kier molecular flexibility index (Phi) is 15.1. The average Bonchev–Trinajstić information content (AvgIpc) is 3.39. The zero-order valence-corrected chi connectivity index (χ0v) is 32.0. The van der Waals surface area contributed by atoms with E-state index in [1.54, 1.807) is 12.1 Å². The van der Waals surface area contributed by atoms with Crippen LogP contribution in [0.3, 0.4) is 0 Å². The Morgan fingerprint density at radius 2 is 1.52 bits per heavy atom. The Bertz CT molecular complexity index is 1560. The molecule has 3 aromatic rings. The number of hydrogen-bond acceptors (Lipinski definition) is 10. The van der Waals surface area contributed by atoms with Crippen LogP contribution in [0.25, 0.3) is 5.52 Å². The van der Waals surface area contributed by atoms with Crippen LogP contribution in [-0.4, -0.2) is 65.8 Å². The summed E-state index contributed by atoms with van der Waals surface area (Å²) >= 11 is 0. The van der Waals surface area contributed by atoms with Crippen LogP contribution in [0.15, 0.2) is 48.8 Å². The van der Waals surface area contributed by atoms with Gasteiger partial charge in [-0.1, -0.05) is 140 Å². The van der Waals surface area contributed by atoms with Gasteiger partial charge in [0.2, 0.25) is 0 Å². The van der Waals surface area contributed by atoms with E-state index < -0.39 is 43.4 Å². The van der Waals surface area contributed by atoms with Crippen LogP contribution in [0, 0.1) is 0 Å². The molecule has 5 N–H and O–H groups in total. The van der Waals surface area contributed by atoms with Crippen molar-refractivity contribution in [2.24, 2.45) is 0 Å². The molecule has 5 rings (SSSR count). The fraction of sp³-hybridized carbons (Fsp3) is 0.692. The van der Waals surface area contributed by atoms with Gasteiger partial charge in [0, 0.05) is 0 Å². The molecule has 52 heavy (non-hydrogen) atoms. The molecule has 7 atom stereocenters. The molecule has 12 nitrogen and oxygen atoms in total. The van der Waals surface area contributed by atoms with Gasteiger partial charge in [-0.2, -0.15) is 5.10 Å². The third-order valence-corrected chi connectivity index (χ3v) is 11.8. The number of nitrogens with two attached hydrogens (primary N) is 1. The van der Waals surface area contributed by atoms with Crippen molar-refractivity contribution in [3.05, 3.63) is 60.0 Å². The number of aromatic nitrogens is 3. The summed E-state index contributed by atoms with van der Waals surface area (Å²) < 4.78 is 37.8. The molecule has 13 heteroatoms. The molecule has 2 fully saturated rings. The highest BCUT2D eigenvalue weighted by Crippen LogP contribution is 2.68. The third-order valence-electron chi connectivity index (χ3n) is 10.9. The highest BCUT2D eigenvalue weighted by Gasteiger charge is 2.87. The molecule has 1 aromatic carbocycles. The van der Waals surface area contributed by atoms with Crippen LogP contribution >= 0.6 is 7.82 Å². The number of benzene rings is 1. The summed E-state index contributed by atoms with van der Waals surface area (Å²) in [5.41, 5.74) is 4.51. The van der Waals surface area contributed by atoms with Gasteiger partial charge in [0.15, 0.2) is 11.4 Å². The van der Waals surface area contributed by atoms with E-state index in [0.717, 1.165) is 24.8 Å². The summed E-state index contributed by atoms with van der Waals surface area (Å²) in [5.74, 6) is 0.254. The number of anilines is 1. The molecule has 1 saturated carbocycles. The number of nitrogen functional groups attached to an aromatic ring is 1. The van der Waals surface area contributed by atoms with Crippen molar-refractivity contribution in [2.45, 2.75) is 165 Å². The normalized spacial score (nSPS) is 25.7. The van der Waals surface area contributed by atoms with Crippen molar-refractivity contribution < 1.29 is 38.2 Å². The van der Waals surface area contributed by atoms with Gasteiger partial charge in [0.05, 0.1) is 25.0 Å². The second-order valence-corrected chi connectivity index (χ2v) is 16.3. The van der Waals surface area contributed by atoms with E-state index in [-0.39, 0.29) is 12.4 Å². The maximum atomic E-state index is 13.2. The first-order valence-electron chi connectivity index (χ1n) is 19.6. The first kappa shape index (κ1) is 40.8. The largest absolute Gasteiger partial charge is 0.472 e. The van der Waals surface area contributed by atoms with Crippen LogP contribution in [0.1, 0.15) is 140 Å². The molecule has 0 radical (unpaired) electrons. The van der Waals surface area contributed by atoms with Crippen molar-refractivity contribution in [2.75, 3.05) is 12.3 Å². The number of rotatable bonds is 26. The molecule has 3 heterocycles. The van der Waals surface area contributed by atoms with Crippen molar-refractivity contribution >= 4 is 19.2 Å². The minimum Gasteiger partial charge on any atom is -0.387 e. The standard InChI is InChI=1S/C39H61N4O8P/c1-3-4-5-6-7-8-9-10-11-12-13-14-15-16-17-21-24-31(48-27-30-22-19-18-20-23-30)28-49-52(46,47)51-37-38(2)39(37,45)35(44)34(50-38)32-25-26-33-36(40)41-29-42-43(32)33/h18-20,22-23,25-26,29,31,34-35,37,44-45H,3-17,21,24,27-28H2,1-2H3,(H,46,47)(H2,40,41,42)/t31-,34-,35-,37?,38+,39+/m0/s1. The quantitative estimate of drug-likeness (QED) is 0.0464. The number of nitrogens with zero attached hydrogens (tertiary/aromatic N) is 3. The molecule has 290 valence electrons. The van der Waals surface area contributed by atoms with E-state index in [1.165, 1.54) is 101 Å². The second kappa shape index (κ2) is 19.3. The number of aliphatic hydroxyl groups excluding tert-OH is 1. The smallest absolute Gasteiger partial charge is 0.387 e. The fourth-order valence-electron chi connectivity index (χ4n) is 7.58. The van der Waals surface area contributed by atoms with Gasteiger partial charge in [-0.25, -0.2) is 14.1 Å². The van der Waals surface area contributed by atoms with Crippen molar-refractivity contribution in [3.63, 3.8) is 0 Å². The van der Waals surface area contributed by atoms with Gasteiger partial charge in [0.1, 0.15) is 35.8 Å². The number of aliphatic hydroxyl groups is 2. The van der Waals surface area contributed by atoms with Gasteiger partial charge in [-0.05, 0) is 31.0 Å². The summed E-state index contributed by atoms with van der Waals surface area (Å²) in [7, 11) is -4.68. The number of phosphoric acid groups is 1. The average molecular weight is 745 g/mol. The Hall–Kier alpha value is -2.41. The molecular weight excluding hydrogens is 683 g/mol. The highest BCUT2D eigenvalue weighted by molar-refractivity contribution is 7.47. The van der Waals surface area contributed by atoms with E-state index in [9.17, 15) is 19.7 Å². The van der Waals surface area contributed by atoms with Crippen molar-refractivity contribution in [1.82, 2.24) is 14.6 Å². The van der Waals surface area contributed by atoms with Gasteiger partial charge in [0.25, 0.3) is 0 Å². The first-order chi connectivity index (χ1) is 25.1. The van der Waals surface area contributed by atoms with E-state index in [2.05, 4.69) is 17.0 Å². The number of fused-ring (bicyclic) bond motifs is 2. The van der Waals surface area contributed by atoms with E-state index in [4.69, 9.17) is 24.3 Å². The minimum absolute atomic E-state index is 0.162. The fourth-order valence-corrected chi connectivity index (χ4v) is 8.62. The third kappa shape index (κ3) is 10.2. The number of unbranched alkanes of at least 4 members (excludes halogenated alkanes) is 15. The molecule has 0 amide bonds. The molecule has 1 aliphatic carbocycles. The van der Waals surface area contributed by atoms with Crippen LogP contribution in [0.5, 0.6) is 0 Å². The maximum Gasteiger partial charge on any atom is 0.472 e. The lowest BCUT2D eigenvalue weighted by Crippen LogP contribution is -2.35. The monoisotopic (exact) mass is 744 g/mol. The summed E-state index contributed by atoms with van der Waals surface area (Å²) in [6.07, 6.45) is 18.3. The number of phosphoric ester groups is 1. The molecule has 0 bridgehead atoms. The predicted octanol–water partition coefficient (Wildman–Crippen LogP) is 7.99. The lowest BCUT2D eigenvalue weighted by molar-refractivity contribution is -0.0816.